The van der Waals surface area contributed by atoms with Gasteiger partial charge in [0, 0.05) is 0 Å². The second kappa shape index (κ2) is 5.37. The summed E-state index contributed by atoms with van der Waals surface area (Å²) in [6.45, 7) is 0. The van der Waals surface area contributed by atoms with Crippen LogP contribution in [0.2, 0.25) is 0 Å². The number of phenols is 1. The minimum atomic E-state index is -0.996. The summed E-state index contributed by atoms with van der Waals surface area (Å²) in [5.41, 5.74) is 0.434. The number of aliphatic hydroxyl groups excluding tert-OH is 1. The van der Waals surface area contributed by atoms with Gasteiger partial charge in [-0.05, 0) is 17.7 Å². The van der Waals surface area contributed by atoms with Crippen molar-refractivity contribution in [3.05, 3.63) is 23.8 Å². The fourth-order valence-corrected chi connectivity index (χ4v) is 1.27. The molecule has 2 N–H and O–H groups in total. The lowest BCUT2D eigenvalue weighted by molar-refractivity contribution is -0.142. The van der Waals surface area contributed by atoms with Gasteiger partial charge in [-0.1, -0.05) is 6.07 Å². The Hall–Kier alpha value is -1.75. The van der Waals surface area contributed by atoms with Crippen molar-refractivity contribution in [3.63, 3.8) is 0 Å². The summed E-state index contributed by atoms with van der Waals surface area (Å²) < 4.78 is 9.29. The maximum Gasteiger partial charge on any atom is 0.308 e. The zero-order chi connectivity index (χ0) is 12.1. The van der Waals surface area contributed by atoms with Gasteiger partial charge < -0.3 is 19.7 Å². The van der Waals surface area contributed by atoms with E-state index in [2.05, 4.69) is 4.74 Å². The largest absolute Gasteiger partial charge is 0.504 e. The van der Waals surface area contributed by atoms with Crippen molar-refractivity contribution in [2.45, 2.75) is 12.5 Å². The second-order valence-corrected chi connectivity index (χ2v) is 3.23. The first-order valence-corrected chi connectivity index (χ1v) is 4.70. The lowest BCUT2D eigenvalue weighted by atomic mass is 10.1. The summed E-state index contributed by atoms with van der Waals surface area (Å²) in [6, 6.07) is 4.45. The van der Waals surface area contributed by atoms with Gasteiger partial charge in [-0.25, -0.2) is 0 Å². The zero-order valence-corrected chi connectivity index (χ0v) is 9.14. The average molecular weight is 226 g/mol. The first-order chi connectivity index (χ1) is 7.58. The molecule has 1 atom stereocenters. The molecule has 0 aromatic heterocycles. The number of hydrogen-bond acceptors (Lipinski definition) is 5. The number of rotatable bonds is 4. The van der Waals surface area contributed by atoms with E-state index in [1.807, 2.05) is 0 Å². The average Bonchev–Trinajstić information content (AvgIpc) is 2.28. The molecule has 0 saturated carbocycles. The summed E-state index contributed by atoms with van der Waals surface area (Å²) in [4.78, 5) is 10.9. The predicted octanol–water partition coefficient (Wildman–Crippen LogP) is 0.997. The third-order valence-corrected chi connectivity index (χ3v) is 2.18. The number of phenolic OH excluding ortho intramolecular Hbond substituents is 1. The molecule has 1 aromatic carbocycles. The molecule has 0 amide bonds. The molecule has 16 heavy (non-hydrogen) atoms. The van der Waals surface area contributed by atoms with Crippen LogP contribution in [-0.4, -0.2) is 30.4 Å². The first kappa shape index (κ1) is 12.3. The molecule has 1 rings (SSSR count). The number of esters is 1. The Morgan fingerprint density at radius 1 is 1.44 bits per heavy atom. The summed E-state index contributed by atoms with van der Waals surface area (Å²) in [7, 11) is 2.68. The van der Waals surface area contributed by atoms with Crippen molar-refractivity contribution in [1.82, 2.24) is 0 Å². The van der Waals surface area contributed by atoms with E-state index in [9.17, 15) is 15.0 Å². The van der Waals surface area contributed by atoms with E-state index in [1.54, 1.807) is 6.07 Å². The topological polar surface area (TPSA) is 76.0 Å². The van der Waals surface area contributed by atoms with Crippen molar-refractivity contribution < 1.29 is 24.5 Å². The van der Waals surface area contributed by atoms with Crippen LogP contribution in [0.25, 0.3) is 0 Å². The molecule has 0 spiro atoms. The van der Waals surface area contributed by atoms with Crippen LogP contribution >= 0.6 is 0 Å². The van der Waals surface area contributed by atoms with Gasteiger partial charge in [0.1, 0.15) is 0 Å². The highest BCUT2D eigenvalue weighted by Crippen LogP contribution is 2.29. The van der Waals surface area contributed by atoms with Gasteiger partial charge in [-0.15, -0.1) is 0 Å². The monoisotopic (exact) mass is 226 g/mol. The number of carbonyl (C=O) groups excluding carboxylic acids is 1. The molecule has 0 aliphatic heterocycles. The van der Waals surface area contributed by atoms with Crippen LogP contribution in [0, 0.1) is 0 Å². The third-order valence-electron chi connectivity index (χ3n) is 2.18. The van der Waals surface area contributed by atoms with E-state index in [1.165, 1.54) is 26.4 Å². The Kier molecular flexibility index (Phi) is 4.13. The summed E-state index contributed by atoms with van der Waals surface area (Å²) in [5.74, 6) is -0.277. The minimum absolute atomic E-state index is 0.0797. The highest BCUT2D eigenvalue weighted by Gasteiger charge is 2.14. The zero-order valence-electron chi connectivity index (χ0n) is 9.14. The van der Waals surface area contributed by atoms with E-state index < -0.39 is 12.1 Å². The lowest BCUT2D eigenvalue weighted by Gasteiger charge is -2.11. The highest BCUT2D eigenvalue weighted by atomic mass is 16.5. The highest BCUT2D eigenvalue weighted by molar-refractivity contribution is 5.70. The Balaban J connectivity index is 2.80. The van der Waals surface area contributed by atoms with Crippen molar-refractivity contribution in [2.24, 2.45) is 0 Å². The Bertz CT molecular complexity index is 375. The normalized spacial score (nSPS) is 11.9. The van der Waals surface area contributed by atoms with Crippen LogP contribution in [0.5, 0.6) is 11.5 Å². The number of ether oxygens (including phenoxy) is 2. The van der Waals surface area contributed by atoms with E-state index in [4.69, 9.17) is 4.74 Å². The van der Waals surface area contributed by atoms with E-state index >= 15 is 0 Å². The van der Waals surface area contributed by atoms with Crippen LogP contribution in [0.4, 0.5) is 0 Å². The Morgan fingerprint density at radius 3 is 2.62 bits per heavy atom. The summed E-state index contributed by atoms with van der Waals surface area (Å²) in [6.07, 6.45) is -1.15. The number of methoxy groups -OCH3 is 2. The lowest BCUT2D eigenvalue weighted by Crippen LogP contribution is -2.08. The number of carbonyl (C=O) groups is 1. The molecular formula is C11H14O5. The van der Waals surface area contributed by atoms with Crippen LogP contribution in [0.3, 0.4) is 0 Å². The first-order valence-electron chi connectivity index (χ1n) is 4.70. The van der Waals surface area contributed by atoms with E-state index in [0.717, 1.165) is 0 Å². The van der Waals surface area contributed by atoms with Crippen molar-refractivity contribution >= 4 is 5.97 Å². The van der Waals surface area contributed by atoms with E-state index in [0.29, 0.717) is 11.3 Å². The van der Waals surface area contributed by atoms with Crippen LogP contribution in [0.1, 0.15) is 18.1 Å². The van der Waals surface area contributed by atoms with Crippen molar-refractivity contribution in [3.8, 4) is 11.5 Å². The fraction of sp³-hybridized carbons (Fsp3) is 0.364. The van der Waals surface area contributed by atoms with Gasteiger partial charge in [0.2, 0.25) is 0 Å². The van der Waals surface area contributed by atoms with Crippen LogP contribution in [0.15, 0.2) is 18.2 Å². The Labute approximate surface area is 93.2 Å². The number of benzene rings is 1. The standard InChI is InChI=1S/C11H14O5/c1-15-10-4-3-7(5-9(10)13)8(12)6-11(14)16-2/h3-5,8,12-13H,6H2,1-2H3/t8-/m1/s1. The molecule has 0 aliphatic rings. The van der Waals surface area contributed by atoms with Gasteiger partial charge in [0.25, 0.3) is 0 Å². The summed E-state index contributed by atoms with van der Waals surface area (Å²) in [5, 5.41) is 19.1. The second-order valence-electron chi connectivity index (χ2n) is 3.23. The molecule has 5 nitrogen and oxygen atoms in total. The van der Waals surface area contributed by atoms with Crippen molar-refractivity contribution in [1.29, 1.82) is 0 Å². The SMILES string of the molecule is COC(=O)C[C@@H](O)c1ccc(OC)c(O)c1. The van der Waals surface area contributed by atoms with E-state index in [-0.39, 0.29) is 12.2 Å². The van der Waals surface area contributed by atoms with Crippen LogP contribution < -0.4 is 4.74 Å². The fourth-order valence-electron chi connectivity index (χ4n) is 1.27. The van der Waals surface area contributed by atoms with Gasteiger partial charge in [0.15, 0.2) is 11.5 Å². The molecule has 0 fully saturated rings. The number of aromatic hydroxyl groups is 1. The molecule has 0 unspecified atom stereocenters. The molecule has 0 aliphatic carbocycles. The van der Waals surface area contributed by atoms with Gasteiger partial charge >= 0.3 is 5.97 Å². The van der Waals surface area contributed by atoms with Gasteiger partial charge in [0.05, 0.1) is 26.7 Å². The van der Waals surface area contributed by atoms with Crippen LogP contribution in [-0.2, 0) is 9.53 Å². The molecule has 0 saturated heterocycles. The number of aliphatic hydroxyl groups is 1. The maximum atomic E-state index is 10.9. The Morgan fingerprint density at radius 2 is 2.12 bits per heavy atom. The molecule has 5 heteroatoms. The molecule has 0 radical (unpaired) electrons. The number of hydrogen-bond donors (Lipinski definition) is 2. The van der Waals surface area contributed by atoms with Gasteiger partial charge in [-0.3, -0.25) is 4.79 Å². The molecular weight excluding hydrogens is 212 g/mol. The minimum Gasteiger partial charge on any atom is -0.504 e. The maximum absolute atomic E-state index is 10.9. The van der Waals surface area contributed by atoms with Gasteiger partial charge in [-0.2, -0.15) is 0 Å². The smallest absolute Gasteiger partial charge is 0.308 e. The quantitative estimate of drug-likeness (QED) is 0.749. The molecule has 1 aromatic rings. The molecule has 0 heterocycles. The molecule has 88 valence electrons. The third kappa shape index (κ3) is 2.87. The molecule has 0 bridgehead atoms. The predicted molar refractivity (Wildman–Crippen MR) is 56.3 cm³/mol. The summed E-state index contributed by atoms with van der Waals surface area (Å²) >= 11 is 0. The van der Waals surface area contributed by atoms with Crippen molar-refractivity contribution in [2.75, 3.05) is 14.2 Å².